The van der Waals surface area contributed by atoms with Crippen LogP contribution in [0.2, 0.25) is 5.02 Å². The highest BCUT2D eigenvalue weighted by atomic mass is 35.5. The third kappa shape index (κ3) is 7.02. The first-order valence-corrected chi connectivity index (χ1v) is 10.2. The maximum Gasteiger partial charge on any atom is 0.170 e. The second-order valence-corrected chi connectivity index (χ2v) is 7.75. The smallest absolute Gasteiger partial charge is 0.170 e. The molecular weight excluding hydrogens is 391 g/mol. The zero-order valence-corrected chi connectivity index (χ0v) is 17.1. The number of hydrogen-bond acceptors (Lipinski definition) is 3. The first-order valence-electron chi connectivity index (χ1n) is 8.28. The molecule has 2 N–H and O–H groups in total. The van der Waals surface area contributed by atoms with E-state index in [1.54, 1.807) is 23.9 Å². The molecule has 2 aromatic rings. The highest BCUT2D eigenvalue weighted by Crippen LogP contribution is 2.23. The van der Waals surface area contributed by atoms with Crippen LogP contribution in [0.3, 0.4) is 0 Å². The van der Waals surface area contributed by atoms with Crippen molar-refractivity contribution in [2.75, 3.05) is 17.6 Å². The van der Waals surface area contributed by atoms with Gasteiger partial charge in [0.15, 0.2) is 5.11 Å². The predicted molar refractivity (Wildman–Crippen MR) is 114 cm³/mol. The number of benzene rings is 2. The van der Waals surface area contributed by atoms with E-state index in [4.69, 9.17) is 28.6 Å². The molecule has 0 radical (unpaired) electrons. The Morgan fingerprint density at radius 3 is 2.62 bits per heavy atom. The second kappa shape index (κ2) is 10.6. The molecule has 0 saturated carbocycles. The van der Waals surface area contributed by atoms with Crippen LogP contribution in [-0.2, 0) is 5.75 Å². The maximum atomic E-state index is 13.7. The number of hydrogen-bond donors (Lipinski definition) is 2. The maximum absolute atomic E-state index is 13.7. The Hall–Kier alpha value is -1.50. The molecule has 3 nitrogen and oxygen atoms in total. The molecule has 0 unspecified atom stereocenters. The molecule has 0 bridgehead atoms. The monoisotopic (exact) mass is 412 g/mol. The molecule has 0 aliphatic heterocycles. The molecule has 7 heteroatoms. The van der Waals surface area contributed by atoms with Crippen molar-refractivity contribution < 1.29 is 9.13 Å². The Morgan fingerprint density at radius 1 is 1.23 bits per heavy atom. The van der Waals surface area contributed by atoms with Crippen LogP contribution in [-0.4, -0.2) is 23.5 Å². The zero-order valence-electron chi connectivity index (χ0n) is 14.7. The van der Waals surface area contributed by atoms with Crippen molar-refractivity contribution in [3.8, 4) is 5.75 Å². The van der Waals surface area contributed by atoms with Gasteiger partial charge in [0, 0.05) is 34.3 Å². The van der Waals surface area contributed by atoms with Crippen LogP contribution in [0.4, 0.5) is 10.1 Å². The molecule has 0 fully saturated rings. The Morgan fingerprint density at radius 2 is 1.96 bits per heavy atom. The van der Waals surface area contributed by atoms with E-state index in [9.17, 15) is 4.39 Å². The Kier molecular flexibility index (Phi) is 8.48. The quantitative estimate of drug-likeness (QED) is 0.442. The fraction of sp³-hybridized carbons (Fsp3) is 0.316. The van der Waals surface area contributed by atoms with Crippen molar-refractivity contribution in [1.82, 2.24) is 5.32 Å². The van der Waals surface area contributed by atoms with Gasteiger partial charge in [-0.3, -0.25) is 0 Å². The number of rotatable bonds is 8. The number of halogens is 2. The van der Waals surface area contributed by atoms with Crippen LogP contribution in [0.1, 0.15) is 19.4 Å². The molecule has 0 atom stereocenters. The van der Waals surface area contributed by atoms with Crippen LogP contribution in [0.15, 0.2) is 42.5 Å². The first kappa shape index (κ1) is 20.8. The van der Waals surface area contributed by atoms with E-state index < -0.39 is 0 Å². The lowest BCUT2D eigenvalue weighted by Gasteiger charge is -2.12. The van der Waals surface area contributed by atoms with Gasteiger partial charge in [-0.05, 0) is 62.5 Å². The van der Waals surface area contributed by atoms with Crippen molar-refractivity contribution in [3.05, 3.63) is 58.9 Å². The van der Waals surface area contributed by atoms with Gasteiger partial charge in [-0.1, -0.05) is 17.7 Å². The molecule has 0 aliphatic rings. The Bertz CT molecular complexity index is 706. The van der Waals surface area contributed by atoms with Gasteiger partial charge >= 0.3 is 0 Å². The van der Waals surface area contributed by atoms with Crippen molar-refractivity contribution in [3.63, 3.8) is 0 Å². The highest BCUT2D eigenvalue weighted by molar-refractivity contribution is 7.98. The number of thioether (sulfide) groups is 1. The predicted octanol–water partition coefficient (Wildman–Crippen LogP) is 5.49. The summed E-state index contributed by atoms with van der Waals surface area (Å²) in [6.45, 7) is 4.66. The van der Waals surface area contributed by atoms with Gasteiger partial charge in [-0.15, -0.1) is 0 Å². The van der Waals surface area contributed by atoms with Crippen LogP contribution in [0.5, 0.6) is 5.75 Å². The summed E-state index contributed by atoms with van der Waals surface area (Å²) in [5, 5.41) is 7.27. The summed E-state index contributed by atoms with van der Waals surface area (Å²) >= 11 is 12.9. The lowest BCUT2D eigenvalue weighted by molar-refractivity contribution is 0.242. The van der Waals surface area contributed by atoms with Gasteiger partial charge in [0.1, 0.15) is 11.6 Å². The molecule has 140 valence electrons. The van der Waals surface area contributed by atoms with Gasteiger partial charge in [-0.2, -0.15) is 11.8 Å². The number of nitrogens with one attached hydrogen (secondary N) is 2. The summed E-state index contributed by atoms with van der Waals surface area (Å²) in [6.07, 6.45) is 0.147. The summed E-state index contributed by atoms with van der Waals surface area (Å²) in [5.74, 6) is 1.88. The molecule has 0 saturated heterocycles. The van der Waals surface area contributed by atoms with E-state index in [1.807, 2.05) is 38.1 Å². The molecule has 0 amide bonds. The average Bonchev–Trinajstić information content (AvgIpc) is 2.58. The minimum Gasteiger partial charge on any atom is -0.491 e. The molecule has 0 heterocycles. The van der Waals surface area contributed by atoms with E-state index in [-0.39, 0.29) is 11.9 Å². The van der Waals surface area contributed by atoms with E-state index in [0.717, 1.165) is 17.2 Å². The topological polar surface area (TPSA) is 33.3 Å². The standard InChI is InChI=1S/C19H22ClFN2OS2/c1-13(2)24-15-8-6-14(7-9-15)23-19(25)22-10-11-26-12-16-17(20)4-3-5-18(16)21/h3-9,13H,10-12H2,1-2H3,(H2,22,23,25). The third-order valence-electron chi connectivity index (χ3n) is 3.32. The first-order chi connectivity index (χ1) is 12.5. The van der Waals surface area contributed by atoms with Gasteiger partial charge in [0.25, 0.3) is 0 Å². The molecule has 0 spiro atoms. The third-order valence-corrected chi connectivity index (χ3v) is 4.91. The Balaban J connectivity index is 1.67. The second-order valence-electron chi connectivity index (χ2n) is 5.82. The summed E-state index contributed by atoms with van der Waals surface area (Å²) in [5.41, 5.74) is 1.44. The van der Waals surface area contributed by atoms with E-state index >= 15 is 0 Å². The fourth-order valence-electron chi connectivity index (χ4n) is 2.15. The van der Waals surface area contributed by atoms with Crippen LogP contribution >= 0.6 is 35.6 Å². The molecule has 0 aromatic heterocycles. The SMILES string of the molecule is CC(C)Oc1ccc(NC(=S)NCCSCc2c(F)cccc2Cl)cc1. The van der Waals surface area contributed by atoms with E-state index in [2.05, 4.69) is 10.6 Å². The summed E-state index contributed by atoms with van der Waals surface area (Å²) < 4.78 is 19.3. The molecule has 0 aliphatic carbocycles. The van der Waals surface area contributed by atoms with Crippen molar-refractivity contribution >= 4 is 46.4 Å². The fourth-order valence-corrected chi connectivity index (χ4v) is 3.56. The van der Waals surface area contributed by atoms with Gasteiger partial charge in [-0.25, -0.2) is 4.39 Å². The van der Waals surface area contributed by atoms with E-state index in [0.29, 0.717) is 28.0 Å². The van der Waals surface area contributed by atoms with Crippen molar-refractivity contribution in [1.29, 1.82) is 0 Å². The average molecular weight is 413 g/mol. The molecule has 26 heavy (non-hydrogen) atoms. The van der Waals surface area contributed by atoms with Crippen LogP contribution in [0, 0.1) is 5.82 Å². The minimum absolute atomic E-state index is 0.147. The van der Waals surface area contributed by atoms with Gasteiger partial charge in [0.05, 0.1) is 6.10 Å². The summed E-state index contributed by atoms with van der Waals surface area (Å²) in [7, 11) is 0. The van der Waals surface area contributed by atoms with Crippen LogP contribution in [0.25, 0.3) is 0 Å². The normalized spacial score (nSPS) is 10.7. The molecule has 2 rings (SSSR count). The molecule has 2 aromatic carbocycles. The van der Waals surface area contributed by atoms with Gasteiger partial charge in [0.2, 0.25) is 0 Å². The number of ether oxygens (including phenoxy) is 1. The summed E-state index contributed by atoms with van der Waals surface area (Å²) in [4.78, 5) is 0. The lowest BCUT2D eigenvalue weighted by atomic mass is 10.2. The van der Waals surface area contributed by atoms with Crippen LogP contribution < -0.4 is 15.4 Å². The minimum atomic E-state index is -0.264. The van der Waals surface area contributed by atoms with Crippen molar-refractivity contribution in [2.24, 2.45) is 0 Å². The van der Waals surface area contributed by atoms with Crippen molar-refractivity contribution in [2.45, 2.75) is 25.7 Å². The molecular formula is C19H22ClFN2OS2. The largest absolute Gasteiger partial charge is 0.491 e. The number of anilines is 1. The summed E-state index contributed by atoms with van der Waals surface area (Å²) in [6, 6.07) is 12.4. The lowest BCUT2D eigenvalue weighted by Crippen LogP contribution is -2.30. The number of thiocarbonyl (C=S) groups is 1. The zero-order chi connectivity index (χ0) is 18.9. The highest BCUT2D eigenvalue weighted by Gasteiger charge is 2.06. The van der Waals surface area contributed by atoms with E-state index in [1.165, 1.54) is 6.07 Å². The van der Waals surface area contributed by atoms with Gasteiger partial charge < -0.3 is 15.4 Å². The Labute approximate surface area is 168 Å².